The molecule has 4 rings (SSSR count). The van der Waals surface area contributed by atoms with Crippen LogP contribution in [0.4, 0.5) is 5.82 Å². The van der Waals surface area contributed by atoms with Gasteiger partial charge in [0.15, 0.2) is 40.2 Å². The van der Waals surface area contributed by atoms with Crippen molar-refractivity contribution in [3.05, 3.63) is 18.7 Å². The third-order valence-corrected chi connectivity index (χ3v) is 17.6. The van der Waals surface area contributed by atoms with Crippen molar-refractivity contribution in [2.75, 3.05) is 5.73 Å². The van der Waals surface area contributed by atoms with Crippen LogP contribution in [0.3, 0.4) is 0 Å². The quantitative estimate of drug-likeness (QED) is 0.343. The number of nitrogen functional groups attached to an aromatic ring is 1. The predicted octanol–water partition coefficient (Wildman–Crippen LogP) is 5.89. The summed E-state index contributed by atoms with van der Waals surface area (Å²) in [5.74, 6) is 0.789. The summed E-state index contributed by atoms with van der Waals surface area (Å²) in [4.78, 5) is 13.9. The maximum Gasteiger partial charge on any atom is 0.192 e. The van der Waals surface area contributed by atoms with Gasteiger partial charge in [-0.15, -0.1) is 0 Å². The zero-order valence-electron chi connectivity index (χ0n) is 24.8. The Balaban J connectivity index is 1.84. The molecule has 0 aliphatic carbocycles. The summed E-state index contributed by atoms with van der Waals surface area (Å²) in [5, 5.41) is 6.91. The van der Waals surface area contributed by atoms with E-state index in [4.69, 9.17) is 24.3 Å². The molecule has 4 heterocycles. The summed E-state index contributed by atoms with van der Waals surface area (Å²) >= 11 is 0. The molecule has 3 N–H and O–H groups in total. The molecule has 4 atom stereocenters. The van der Waals surface area contributed by atoms with Crippen molar-refractivity contribution in [3.8, 4) is 11.4 Å². The minimum Gasteiger partial charge on any atom is -0.408 e. The summed E-state index contributed by atoms with van der Waals surface area (Å²) in [7, 11) is -4.35. The summed E-state index contributed by atoms with van der Waals surface area (Å²) in [6.45, 7) is 24.8. The van der Waals surface area contributed by atoms with Gasteiger partial charge >= 0.3 is 0 Å². The first-order valence-corrected chi connectivity index (χ1v) is 19.3. The average molecular weight is 560 g/mol. The maximum absolute atomic E-state index is 7.16. The Morgan fingerprint density at radius 1 is 1.00 bits per heavy atom. The van der Waals surface area contributed by atoms with Crippen LogP contribution in [0.5, 0.6) is 0 Å². The lowest BCUT2D eigenvalue weighted by Gasteiger charge is -2.44. The van der Waals surface area contributed by atoms with Gasteiger partial charge in [0.05, 0.1) is 24.2 Å². The topological polar surface area (TPSA) is 126 Å². The molecule has 3 aromatic heterocycles. The molecule has 38 heavy (non-hydrogen) atoms. The van der Waals surface area contributed by atoms with Crippen molar-refractivity contribution in [1.82, 2.24) is 29.7 Å². The van der Waals surface area contributed by atoms with Crippen LogP contribution < -0.4 is 5.73 Å². The molecule has 0 aromatic carbocycles. The molecule has 210 valence electrons. The van der Waals surface area contributed by atoms with Crippen molar-refractivity contribution >= 4 is 33.6 Å². The smallest absolute Gasteiger partial charge is 0.192 e. The Hall–Kier alpha value is -2.13. The average Bonchev–Trinajstić information content (AvgIpc) is 3.52. The van der Waals surface area contributed by atoms with Crippen molar-refractivity contribution in [2.24, 2.45) is 0 Å². The third-order valence-electron chi connectivity index (χ3n) is 8.64. The SMILES string of the molecule is CC[C@H]1OC(n2cnc3c(N)nc(-c4cn[nH]c4)nc32)[C@H](O[Si](C)(C)C(C)(C)C)[C@@H]1O[Si](C)(C)C(C)(C)C. The Bertz CT molecular complexity index is 1260. The van der Waals surface area contributed by atoms with E-state index < -0.39 is 22.9 Å². The van der Waals surface area contributed by atoms with Crippen LogP contribution in [-0.4, -0.2) is 64.7 Å². The molecule has 1 saturated heterocycles. The highest BCUT2D eigenvalue weighted by atomic mass is 28.4. The fraction of sp³-hybridized carbons (Fsp3) is 0.692. The summed E-state index contributed by atoms with van der Waals surface area (Å²) < 4.78 is 23.0. The highest BCUT2D eigenvalue weighted by Gasteiger charge is 2.54. The van der Waals surface area contributed by atoms with Crippen LogP contribution in [0, 0.1) is 0 Å². The summed E-state index contributed by atoms with van der Waals surface area (Å²) in [6.07, 6.45) is 4.81. The highest BCUT2D eigenvalue weighted by molar-refractivity contribution is 6.74. The number of aromatic nitrogens is 6. The van der Waals surface area contributed by atoms with Crippen LogP contribution in [0.25, 0.3) is 22.6 Å². The zero-order valence-corrected chi connectivity index (χ0v) is 26.8. The van der Waals surface area contributed by atoms with E-state index in [0.717, 1.165) is 12.0 Å². The van der Waals surface area contributed by atoms with E-state index in [1.165, 1.54) is 0 Å². The maximum atomic E-state index is 7.16. The summed E-state index contributed by atoms with van der Waals surface area (Å²) in [6, 6.07) is 0. The van der Waals surface area contributed by atoms with E-state index in [9.17, 15) is 0 Å². The van der Waals surface area contributed by atoms with Gasteiger partial charge in [-0.3, -0.25) is 9.67 Å². The van der Waals surface area contributed by atoms with Crippen LogP contribution in [0.1, 0.15) is 61.1 Å². The molecule has 12 heteroatoms. The van der Waals surface area contributed by atoms with Gasteiger partial charge < -0.3 is 19.3 Å². The first-order chi connectivity index (χ1) is 17.5. The summed E-state index contributed by atoms with van der Waals surface area (Å²) in [5.41, 5.74) is 8.23. The molecule has 3 aromatic rings. The van der Waals surface area contributed by atoms with Gasteiger partial charge in [-0.25, -0.2) is 15.0 Å². The van der Waals surface area contributed by atoms with E-state index in [1.54, 1.807) is 18.7 Å². The normalized spacial score (nSPS) is 23.4. The second-order valence-corrected chi connectivity index (χ2v) is 22.9. The van der Waals surface area contributed by atoms with Gasteiger partial charge in [0.2, 0.25) is 0 Å². The minimum absolute atomic E-state index is 0.0153. The Labute approximate surface area is 228 Å². The minimum atomic E-state index is -2.21. The number of aromatic amines is 1. The second-order valence-electron chi connectivity index (χ2n) is 13.4. The molecular formula is C26H45N7O3Si2. The number of fused-ring (bicyclic) bond motifs is 1. The number of nitrogens with zero attached hydrogens (tertiary/aromatic N) is 5. The molecule has 0 bridgehead atoms. The van der Waals surface area contributed by atoms with Gasteiger partial charge in [-0.1, -0.05) is 48.5 Å². The van der Waals surface area contributed by atoms with E-state index >= 15 is 0 Å². The molecule has 1 aliphatic heterocycles. The van der Waals surface area contributed by atoms with Crippen LogP contribution in [0.15, 0.2) is 18.7 Å². The van der Waals surface area contributed by atoms with Crippen molar-refractivity contribution in [3.63, 3.8) is 0 Å². The number of nitrogens with two attached hydrogens (primary N) is 1. The molecular weight excluding hydrogens is 515 g/mol. The highest BCUT2D eigenvalue weighted by Crippen LogP contribution is 2.46. The standard InChI is InChI=1S/C26H45N7O3Si2/c1-12-17-19(35-37(8,9)25(2,3)4)20(36-38(10,11)26(5,6)7)24(34-17)33-15-28-18-21(27)31-22(32-23(18)33)16-13-29-30-14-16/h13-15,17,19-20,24H,12H2,1-11H3,(H,29,30)(H2,27,31,32)/t17-,19-,20-,24?/m1/s1. The first-order valence-electron chi connectivity index (χ1n) is 13.5. The van der Waals surface area contributed by atoms with Gasteiger partial charge in [0.1, 0.15) is 17.7 Å². The van der Waals surface area contributed by atoms with E-state index in [1.807, 2.05) is 4.57 Å². The number of H-pyrrole nitrogens is 1. The molecule has 1 unspecified atom stereocenters. The van der Waals surface area contributed by atoms with Gasteiger partial charge in [0.25, 0.3) is 0 Å². The predicted molar refractivity (Wildman–Crippen MR) is 156 cm³/mol. The van der Waals surface area contributed by atoms with Crippen molar-refractivity contribution in [1.29, 1.82) is 0 Å². The number of ether oxygens (including phenoxy) is 1. The van der Waals surface area contributed by atoms with Crippen molar-refractivity contribution < 1.29 is 13.6 Å². The third kappa shape index (κ3) is 5.20. The Morgan fingerprint density at radius 2 is 1.61 bits per heavy atom. The molecule has 0 radical (unpaired) electrons. The van der Waals surface area contributed by atoms with Crippen LogP contribution in [-0.2, 0) is 13.6 Å². The Morgan fingerprint density at radius 3 is 2.13 bits per heavy atom. The molecule has 0 saturated carbocycles. The largest absolute Gasteiger partial charge is 0.408 e. The molecule has 10 nitrogen and oxygen atoms in total. The van der Waals surface area contributed by atoms with Gasteiger partial charge in [-0.2, -0.15) is 5.10 Å². The zero-order chi connectivity index (χ0) is 28.3. The number of hydrogen-bond donors (Lipinski definition) is 2. The first kappa shape index (κ1) is 28.9. The molecule has 1 fully saturated rings. The lowest BCUT2D eigenvalue weighted by molar-refractivity contribution is -0.0324. The molecule has 0 spiro atoms. The van der Waals surface area contributed by atoms with E-state index in [-0.39, 0.29) is 28.4 Å². The van der Waals surface area contributed by atoms with Gasteiger partial charge in [0, 0.05) is 6.20 Å². The number of anilines is 1. The number of rotatable bonds is 7. The lowest BCUT2D eigenvalue weighted by Crippen LogP contribution is -2.53. The van der Waals surface area contributed by atoms with Crippen LogP contribution in [0.2, 0.25) is 36.3 Å². The Kier molecular flexibility index (Phi) is 7.45. The van der Waals surface area contributed by atoms with E-state index in [2.05, 4.69) is 94.8 Å². The molecule has 1 aliphatic rings. The molecule has 0 amide bonds. The fourth-order valence-corrected chi connectivity index (χ4v) is 6.79. The number of nitrogens with one attached hydrogen (secondary N) is 1. The number of hydrogen-bond acceptors (Lipinski definition) is 8. The number of imidazole rings is 1. The second kappa shape index (κ2) is 9.81. The van der Waals surface area contributed by atoms with E-state index in [0.29, 0.717) is 22.8 Å². The van der Waals surface area contributed by atoms with Crippen LogP contribution >= 0.6 is 0 Å². The van der Waals surface area contributed by atoms with Crippen molar-refractivity contribution in [2.45, 2.75) is 116 Å². The monoisotopic (exact) mass is 559 g/mol. The fourth-order valence-electron chi connectivity index (χ4n) is 4.19. The van der Waals surface area contributed by atoms with Gasteiger partial charge in [-0.05, 0) is 42.7 Å². The lowest BCUT2D eigenvalue weighted by atomic mass is 10.1.